The van der Waals surface area contributed by atoms with Crippen LogP contribution in [0.25, 0.3) is 5.69 Å². The van der Waals surface area contributed by atoms with E-state index >= 15 is 0 Å². The molecular weight excluding hydrogens is 369 g/mol. The van der Waals surface area contributed by atoms with E-state index in [0.29, 0.717) is 25.3 Å². The second-order valence-corrected chi connectivity index (χ2v) is 6.65. The molecule has 2 aromatic carbocycles. The molecule has 0 N–H and O–H groups in total. The topological polar surface area (TPSA) is 50.1 Å². The minimum absolute atomic E-state index is 0.582. The van der Waals surface area contributed by atoms with Crippen LogP contribution in [-0.2, 0) is 12.7 Å². The second-order valence-electron chi connectivity index (χ2n) is 6.65. The maximum atomic E-state index is 12.9. The molecule has 28 heavy (non-hydrogen) atoms. The number of tetrazole rings is 1. The van der Waals surface area contributed by atoms with Crippen LogP contribution in [0.15, 0.2) is 54.6 Å². The van der Waals surface area contributed by atoms with Gasteiger partial charge in [0, 0.05) is 31.9 Å². The monoisotopic (exact) mass is 388 g/mol. The Morgan fingerprint density at radius 1 is 0.857 bits per heavy atom. The van der Waals surface area contributed by atoms with Crippen molar-refractivity contribution in [3.63, 3.8) is 0 Å². The van der Waals surface area contributed by atoms with Crippen LogP contribution in [0.2, 0.25) is 0 Å². The van der Waals surface area contributed by atoms with E-state index in [1.807, 2.05) is 35.2 Å². The van der Waals surface area contributed by atoms with Crippen molar-refractivity contribution >= 4 is 5.69 Å². The van der Waals surface area contributed by atoms with Crippen LogP contribution >= 0.6 is 0 Å². The quantitative estimate of drug-likeness (QED) is 0.688. The Kier molecular flexibility index (Phi) is 4.99. The predicted octanol–water partition coefficient (Wildman–Crippen LogP) is 3.00. The van der Waals surface area contributed by atoms with Gasteiger partial charge in [0.05, 0.1) is 17.8 Å². The molecule has 0 unspecified atom stereocenters. The van der Waals surface area contributed by atoms with E-state index in [2.05, 4.69) is 20.4 Å². The van der Waals surface area contributed by atoms with Crippen LogP contribution < -0.4 is 4.90 Å². The molecule has 0 spiro atoms. The van der Waals surface area contributed by atoms with Crippen LogP contribution in [0.3, 0.4) is 0 Å². The second kappa shape index (κ2) is 7.59. The number of hydrogen-bond donors (Lipinski definition) is 0. The third-order valence-corrected chi connectivity index (χ3v) is 4.81. The van der Waals surface area contributed by atoms with Crippen molar-refractivity contribution in [2.24, 2.45) is 0 Å². The van der Waals surface area contributed by atoms with Gasteiger partial charge in [-0.3, -0.25) is 4.90 Å². The fraction of sp³-hybridized carbons (Fsp3) is 0.316. The zero-order chi connectivity index (χ0) is 19.6. The Morgan fingerprint density at radius 2 is 1.57 bits per heavy atom. The highest BCUT2D eigenvalue weighted by molar-refractivity contribution is 5.49. The van der Waals surface area contributed by atoms with Gasteiger partial charge in [0.1, 0.15) is 0 Å². The summed E-state index contributed by atoms with van der Waals surface area (Å²) in [6.07, 6.45) is -4.33. The van der Waals surface area contributed by atoms with E-state index in [0.717, 1.165) is 30.7 Å². The molecule has 146 valence electrons. The van der Waals surface area contributed by atoms with Gasteiger partial charge in [0.25, 0.3) is 0 Å². The highest BCUT2D eigenvalue weighted by Gasteiger charge is 2.31. The first-order valence-electron chi connectivity index (χ1n) is 8.98. The summed E-state index contributed by atoms with van der Waals surface area (Å²) >= 11 is 0. The third kappa shape index (κ3) is 3.99. The zero-order valence-electron chi connectivity index (χ0n) is 15.0. The minimum Gasteiger partial charge on any atom is -0.369 e. The smallest absolute Gasteiger partial charge is 0.369 e. The molecule has 1 saturated heterocycles. The summed E-state index contributed by atoms with van der Waals surface area (Å²) in [6.45, 7) is 3.32. The van der Waals surface area contributed by atoms with Crippen molar-refractivity contribution in [3.8, 4) is 5.69 Å². The molecule has 0 saturated carbocycles. The molecule has 0 amide bonds. The lowest BCUT2D eigenvalue weighted by atomic mass is 10.1. The lowest BCUT2D eigenvalue weighted by Gasteiger charge is -2.36. The molecule has 1 aliphatic heterocycles. The van der Waals surface area contributed by atoms with Crippen molar-refractivity contribution in [1.29, 1.82) is 0 Å². The van der Waals surface area contributed by atoms with E-state index in [1.165, 1.54) is 12.1 Å². The fourth-order valence-corrected chi connectivity index (χ4v) is 3.32. The van der Waals surface area contributed by atoms with Crippen LogP contribution in [-0.4, -0.2) is 51.3 Å². The molecule has 2 heterocycles. The van der Waals surface area contributed by atoms with Gasteiger partial charge in [0.15, 0.2) is 5.82 Å². The Hall–Kier alpha value is -2.94. The number of rotatable bonds is 4. The maximum Gasteiger partial charge on any atom is 0.416 e. The van der Waals surface area contributed by atoms with E-state index in [9.17, 15) is 13.2 Å². The third-order valence-electron chi connectivity index (χ3n) is 4.81. The summed E-state index contributed by atoms with van der Waals surface area (Å²) in [5, 5.41) is 12.0. The number of hydrogen-bond acceptors (Lipinski definition) is 5. The van der Waals surface area contributed by atoms with Gasteiger partial charge >= 0.3 is 6.18 Å². The summed E-state index contributed by atoms with van der Waals surface area (Å²) in [5.41, 5.74) is 0.878. The molecule has 0 radical (unpaired) electrons. The lowest BCUT2D eigenvalue weighted by Crippen LogP contribution is -2.46. The Bertz CT molecular complexity index is 917. The number of para-hydroxylation sites is 1. The van der Waals surface area contributed by atoms with E-state index in [4.69, 9.17) is 0 Å². The van der Waals surface area contributed by atoms with Gasteiger partial charge in [-0.05, 0) is 40.8 Å². The number of alkyl halides is 3. The SMILES string of the molecule is FC(F)(F)c1cccc(N2CCN(Cc3nnnn3-c3ccccc3)CC2)c1. The van der Waals surface area contributed by atoms with Crippen molar-refractivity contribution < 1.29 is 13.2 Å². The molecule has 1 aromatic heterocycles. The molecule has 3 aromatic rings. The van der Waals surface area contributed by atoms with Gasteiger partial charge in [0.2, 0.25) is 0 Å². The molecule has 0 atom stereocenters. The standard InChI is InChI=1S/C19H19F3N6/c20-19(21,22)15-5-4-8-17(13-15)27-11-9-26(10-12-27)14-18-23-24-25-28(18)16-6-2-1-3-7-16/h1-8,13H,9-12,14H2. The highest BCUT2D eigenvalue weighted by atomic mass is 19.4. The molecule has 1 aliphatic rings. The summed E-state index contributed by atoms with van der Waals surface area (Å²) in [4.78, 5) is 4.18. The number of benzene rings is 2. The summed E-state index contributed by atoms with van der Waals surface area (Å²) in [5.74, 6) is 0.735. The number of anilines is 1. The van der Waals surface area contributed by atoms with Crippen molar-refractivity contribution in [3.05, 3.63) is 66.0 Å². The highest BCUT2D eigenvalue weighted by Crippen LogP contribution is 2.31. The number of nitrogens with zero attached hydrogens (tertiary/aromatic N) is 6. The molecule has 0 aliphatic carbocycles. The lowest BCUT2D eigenvalue weighted by molar-refractivity contribution is -0.137. The Morgan fingerprint density at radius 3 is 2.29 bits per heavy atom. The van der Waals surface area contributed by atoms with Gasteiger partial charge < -0.3 is 4.90 Å². The van der Waals surface area contributed by atoms with E-state index in [-0.39, 0.29) is 0 Å². The molecule has 1 fully saturated rings. The average molecular weight is 388 g/mol. The molecule has 9 heteroatoms. The van der Waals surface area contributed by atoms with Crippen molar-refractivity contribution in [2.45, 2.75) is 12.7 Å². The largest absolute Gasteiger partial charge is 0.416 e. The van der Waals surface area contributed by atoms with Gasteiger partial charge in [-0.25, -0.2) is 0 Å². The molecule has 4 rings (SSSR count). The normalized spacial score (nSPS) is 15.8. The minimum atomic E-state index is -4.33. The molecule has 6 nitrogen and oxygen atoms in total. The number of piperazine rings is 1. The maximum absolute atomic E-state index is 12.9. The van der Waals surface area contributed by atoms with Crippen molar-refractivity contribution in [2.75, 3.05) is 31.1 Å². The Balaban J connectivity index is 1.40. The van der Waals surface area contributed by atoms with Crippen LogP contribution in [0.5, 0.6) is 0 Å². The molecule has 0 bridgehead atoms. The zero-order valence-corrected chi connectivity index (χ0v) is 15.0. The van der Waals surface area contributed by atoms with Crippen LogP contribution in [0.4, 0.5) is 18.9 Å². The fourth-order valence-electron chi connectivity index (χ4n) is 3.32. The predicted molar refractivity (Wildman–Crippen MR) is 98.1 cm³/mol. The first-order chi connectivity index (χ1) is 13.5. The summed E-state index contributed by atoms with van der Waals surface area (Å²) in [7, 11) is 0. The van der Waals surface area contributed by atoms with Crippen LogP contribution in [0, 0.1) is 0 Å². The summed E-state index contributed by atoms with van der Waals surface area (Å²) in [6, 6.07) is 15.1. The first-order valence-corrected chi connectivity index (χ1v) is 8.98. The Labute approximate surface area is 160 Å². The van der Waals surface area contributed by atoms with Gasteiger partial charge in [-0.2, -0.15) is 17.9 Å². The van der Waals surface area contributed by atoms with E-state index in [1.54, 1.807) is 10.7 Å². The number of aromatic nitrogens is 4. The van der Waals surface area contributed by atoms with Crippen molar-refractivity contribution in [1.82, 2.24) is 25.1 Å². The van der Waals surface area contributed by atoms with Gasteiger partial charge in [-0.1, -0.05) is 24.3 Å². The summed E-state index contributed by atoms with van der Waals surface area (Å²) < 4.78 is 40.5. The van der Waals surface area contributed by atoms with E-state index < -0.39 is 11.7 Å². The molecular formula is C19H19F3N6. The average Bonchev–Trinajstić information content (AvgIpc) is 3.17. The number of halogens is 3. The first kappa shape index (κ1) is 18.4. The van der Waals surface area contributed by atoms with Crippen LogP contribution in [0.1, 0.15) is 11.4 Å². The van der Waals surface area contributed by atoms with Gasteiger partial charge in [-0.15, -0.1) is 5.10 Å².